The minimum atomic E-state index is -0.594. The van der Waals surface area contributed by atoms with Gasteiger partial charge in [-0.15, -0.1) is 0 Å². The van der Waals surface area contributed by atoms with Crippen LogP contribution >= 0.6 is 0 Å². The highest BCUT2D eigenvalue weighted by Crippen LogP contribution is 2.45. The molecule has 0 fully saturated rings. The van der Waals surface area contributed by atoms with Gasteiger partial charge in [-0.25, -0.2) is 0 Å². The molecule has 0 saturated carbocycles. The van der Waals surface area contributed by atoms with Gasteiger partial charge in [-0.05, 0) is 30.3 Å². The van der Waals surface area contributed by atoms with Gasteiger partial charge >= 0.3 is 0 Å². The molecule has 4 heteroatoms. The van der Waals surface area contributed by atoms with E-state index in [0.717, 1.165) is 11.3 Å². The number of ether oxygens (including phenoxy) is 1. The van der Waals surface area contributed by atoms with Crippen molar-refractivity contribution >= 4 is 5.69 Å². The summed E-state index contributed by atoms with van der Waals surface area (Å²) in [4.78, 5) is 1.90. The van der Waals surface area contributed by atoms with Gasteiger partial charge in [-0.1, -0.05) is 48.5 Å². The quantitative estimate of drug-likeness (QED) is 0.749. The summed E-state index contributed by atoms with van der Waals surface area (Å²) in [6.07, 6.45) is -0.594. The Hall–Kier alpha value is -3.45. The number of nitrogens with zero attached hydrogens (tertiary/aromatic N) is 2. The highest BCUT2D eigenvalue weighted by Gasteiger charge is 2.38. The first kappa shape index (κ1) is 15.1. The van der Waals surface area contributed by atoms with Crippen molar-refractivity contribution in [2.24, 2.45) is 0 Å². The van der Waals surface area contributed by atoms with Crippen LogP contribution in [0.15, 0.2) is 78.9 Å². The Balaban J connectivity index is 1.92. The summed E-state index contributed by atoms with van der Waals surface area (Å²) in [6.45, 7) is 0. The second-order valence-electron chi connectivity index (χ2n) is 5.84. The first-order valence-corrected chi connectivity index (χ1v) is 8.06. The molecule has 1 N–H and O–H groups in total. The third kappa shape index (κ3) is 2.56. The Morgan fingerprint density at radius 3 is 2.20 bits per heavy atom. The number of hydrogen-bond donors (Lipinski definition) is 1. The number of phenols is 1. The van der Waals surface area contributed by atoms with Gasteiger partial charge in [-0.3, -0.25) is 0 Å². The highest BCUT2D eigenvalue weighted by molar-refractivity contribution is 5.58. The van der Waals surface area contributed by atoms with Crippen LogP contribution < -0.4 is 9.64 Å². The number of para-hydroxylation sites is 3. The predicted molar refractivity (Wildman–Crippen MR) is 95.2 cm³/mol. The minimum absolute atomic E-state index is 0.143. The van der Waals surface area contributed by atoms with E-state index in [4.69, 9.17) is 4.74 Å². The predicted octanol–water partition coefficient (Wildman–Crippen LogP) is 4.55. The summed E-state index contributed by atoms with van der Waals surface area (Å²) in [5.74, 6) is 0.805. The summed E-state index contributed by atoms with van der Waals surface area (Å²) in [5, 5.41) is 20.2. The van der Waals surface area contributed by atoms with Crippen LogP contribution in [0.3, 0.4) is 0 Å². The van der Waals surface area contributed by atoms with Crippen LogP contribution in [-0.4, -0.2) is 5.11 Å². The molecule has 4 nitrogen and oxygen atoms in total. The number of anilines is 1. The molecule has 1 aliphatic rings. The molecule has 122 valence electrons. The van der Waals surface area contributed by atoms with Crippen LogP contribution in [0.1, 0.15) is 23.4 Å². The maximum Gasteiger partial charge on any atom is 0.203 e. The molecule has 2 unspecified atom stereocenters. The SMILES string of the molecule is N#CC1c2ccccc2OC(c2ccccc2O)N1c1ccccc1. The molecule has 0 amide bonds. The average Bonchev–Trinajstić information content (AvgIpc) is 2.67. The van der Waals surface area contributed by atoms with Crippen LogP contribution in [0.2, 0.25) is 0 Å². The molecule has 3 aromatic rings. The molecule has 0 aliphatic carbocycles. The van der Waals surface area contributed by atoms with Crippen molar-refractivity contribution < 1.29 is 9.84 Å². The van der Waals surface area contributed by atoms with Crippen molar-refractivity contribution in [2.75, 3.05) is 4.90 Å². The van der Waals surface area contributed by atoms with E-state index in [1.807, 2.05) is 71.6 Å². The van der Waals surface area contributed by atoms with E-state index in [1.165, 1.54) is 0 Å². The monoisotopic (exact) mass is 328 g/mol. The number of aromatic hydroxyl groups is 1. The number of phenolic OH excluding ortho intramolecular Hbond substituents is 1. The first-order chi connectivity index (χ1) is 12.3. The molecule has 1 heterocycles. The third-order valence-electron chi connectivity index (χ3n) is 4.36. The molecule has 0 saturated heterocycles. The number of benzene rings is 3. The Bertz CT molecular complexity index is 934. The first-order valence-electron chi connectivity index (χ1n) is 8.06. The second-order valence-corrected chi connectivity index (χ2v) is 5.84. The highest BCUT2D eigenvalue weighted by atomic mass is 16.5. The second kappa shape index (κ2) is 6.21. The lowest BCUT2D eigenvalue weighted by molar-refractivity contribution is 0.168. The zero-order valence-electron chi connectivity index (χ0n) is 13.4. The molecule has 3 aromatic carbocycles. The normalized spacial score (nSPS) is 18.8. The molecule has 2 atom stereocenters. The van der Waals surface area contributed by atoms with Crippen molar-refractivity contribution in [3.8, 4) is 17.6 Å². The van der Waals surface area contributed by atoms with Crippen LogP contribution in [-0.2, 0) is 0 Å². The Morgan fingerprint density at radius 1 is 0.840 bits per heavy atom. The molecule has 0 bridgehead atoms. The van der Waals surface area contributed by atoms with E-state index in [2.05, 4.69) is 6.07 Å². The van der Waals surface area contributed by atoms with Crippen molar-refractivity contribution in [1.29, 1.82) is 5.26 Å². The fourth-order valence-corrected chi connectivity index (χ4v) is 3.20. The summed E-state index contributed by atoms with van der Waals surface area (Å²) in [7, 11) is 0. The van der Waals surface area contributed by atoms with E-state index in [-0.39, 0.29) is 5.75 Å². The number of hydrogen-bond acceptors (Lipinski definition) is 4. The summed E-state index contributed by atoms with van der Waals surface area (Å²) < 4.78 is 6.21. The van der Waals surface area contributed by atoms with E-state index in [9.17, 15) is 10.4 Å². The molecule has 0 radical (unpaired) electrons. The van der Waals surface area contributed by atoms with E-state index >= 15 is 0 Å². The maximum absolute atomic E-state index is 10.3. The van der Waals surface area contributed by atoms with Gasteiger partial charge < -0.3 is 14.7 Å². The molecule has 1 aliphatic heterocycles. The smallest absolute Gasteiger partial charge is 0.203 e. The van der Waals surface area contributed by atoms with Gasteiger partial charge in [0.25, 0.3) is 0 Å². The standard InChI is InChI=1S/C21H16N2O2/c22-14-18-16-10-5-7-13-20(16)25-21(17-11-4-6-12-19(17)24)23(18)15-8-2-1-3-9-15/h1-13,18,21,24H. The summed E-state index contributed by atoms with van der Waals surface area (Å²) in [5.41, 5.74) is 2.30. The van der Waals surface area contributed by atoms with Crippen molar-refractivity contribution in [1.82, 2.24) is 0 Å². The number of fused-ring (bicyclic) bond motifs is 1. The minimum Gasteiger partial charge on any atom is -0.507 e. The summed E-state index contributed by atoms with van der Waals surface area (Å²) >= 11 is 0. The van der Waals surface area contributed by atoms with E-state index < -0.39 is 12.3 Å². The van der Waals surface area contributed by atoms with Gasteiger partial charge in [-0.2, -0.15) is 5.26 Å². The van der Waals surface area contributed by atoms with Crippen molar-refractivity contribution in [3.05, 3.63) is 90.0 Å². The van der Waals surface area contributed by atoms with Gasteiger partial charge in [0.1, 0.15) is 17.5 Å². The van der Waals surface area contributed by atoms with Crippen LogP contribution in [0.5, 0.6) is 11.5 Å². The lowest BCUT2D eigenvalue weighted by atomic mass is 9.99. The topological polar surface area (TPSA) is 56.5 Å². The van der Waals surface area contributed by atoms with Crippen LogP contribution in [0.25, 0.3) is 0 Å². The van der Waals surface area contributed by atoms with E-state index in [1.54, 1.807) is 12.1 Å². The van der Waals surface area contributed by atoms with E-state index in [0.29, 0.717) is 11.3 Å². The zero-order valence-corrected chi connectivity index (χ0v) is 13.4. The van der Waals surface area contributed by atoms with Gasteiger partial charge in [0.05, 0.1) is 11.6 Å². The molecule has 25 heavy (non-hydrogen) atoms. The lowest BCUT2D eigenvalue weighted by Gasteiger charge is -2.41. The largest absolute Gasteiger partial charge is 0.507 e. The number of rotatable bonds is 2. The van der Waals surface area contributed by atoms with Crippen molar-refractivity contribution in [2.45, 2.75) is 12.3 Å². The fourth-order valence-electron chi connectivity index (χ4n) is 3.20. The van der Waals surface area contributed by atoms with Gasteiger partial charge in [0.15, 0.2) is 0 Å². The van der Waals surface area contributed by atoms with Gasteiger partial charge in [0.2, 0.25) is 6.23 Å². The van der Waals surface area contributed by atoms with Crippen LogP contribution in [0, 0.1) is 11.3 Å². The molecule has 0 aromatic heterocycles. The lowest BCUT2D eigenvalue weighted by Crippen LogP contribution is -2.39. The maximum atomic E-state index is 10.3. The molecular weight excluding hydrogens is 312 g/mol. The Kier molecular flexibility index (Phi) is 3.75. The number of nitriles is 1. The van der Waals surface area contributed by atoms with Crippen molar-refractivity contribution in [3.63, 3.8) is 0 Å². The molecular formula is C21H16N2O2. The average molecular weight is 328 g/mol. The Labute approximate surface area is 146 Å². The summed E-state index contributed by atoms with van der Waals surface area (Å²) in [6, 6.07) is 26.1. The fraction of sp³-hybridized carbons (Fsp3) is 0.0952. The van der Waals surface area contributed by atoms with Crippen LogP contribution in [0.4, 0.5) is 5.69 Å². The third-order valence-corrected chi connectivity index (χ3v) is 4.36. The molecule has 0 spiro atoms. The molecule has 4 rings (SSSR count). The Morgan fingerprint density at radius 2 is 1.48 bits per heavy atom. The zero-order chi connectivity index (χ0) is 17.2. The van der Waals surface area contributed by atoms with Gasteiger partial charge in [0, 0.05) is 11.3 Å².